The largest absolute Gasteiger partial charge is 0.425 e. The molecule has 32 heavy (non-hydrogen) atoms. The smallest absolute Gasteiger partial charge is 0.336 e. The van der Waals surface area contributed by atoms with E-state index in [2.05, 4.69) is 4.72 Å². The predicted molar refractivity (Wildman–Crippen MR) is 122 cm³/mol. The molecule has 0 spiro atoms. The molecule has 7 nitrogen and oxygen atoms in total. The molecule has 1 N–H and O–H groups in total. The lowest BCUT2D eigenvalue weighted by molar-refractivity contribution is -0.136. The summed E-state index contributed by atoms with van der Waals surface area (Å²) in [6.45, 7) is 7.43. The van der Waals surface area contributed by atoms with Crippen LogP contribution in [-0.4, -0.2) is 20.4 Å². The topological polar surface area (TPSA) is 103 Å². The number of rotatable bonds is 8. The first-order chi connectivity index (χ1) is 15.1. The molecule has 0 fully saturated rings. The van der Waals surface area contributed by atoms with Crippen LogP contribution >= 0.6 is 0 Å². The summed E-state index contributed by atoms with van der Waals surface area (Å²) in [6, 6.07) is 10.1. The summed E-state index contributed by atoms with van der Waals surface area (Å²) in [4.78, 5) is 24.8. The van der Waals surface area contributed by atoms with Crippen LogP contribution in [0.2, 0.25) is 0 Å². The molecule has 8 heteroatoms. The van der Waals surface area contributed by atoms with Crippen LogP contribution in [0.1, 0.15) is 43.4 Å². The van der Waals surface area contributed by atoms with Crippen molar-refractivity contribution in [1.82, 2.24) is 4.72 Å². The Morgan fingerprint density at radius 3 is 2.41 bits per heavy atom. The highest BCUT2D eigenvalue weighted by Gasteiger charge is 2.27. The van der Waals surface area contributed by atoms with E-state index in [0.29, 0.717) is 18.4 Å². The molecule has 2 aromatic carbocycles. The molecule has 3 aromatic rings. The number of ether oxygens (including phenoxy) is 1. The molecular formula is C24H27NO6S. The number of carbonyl (C=O) groups excluding carboxylic acids is 1. The zero-order chi connectivity index (χ0) is 23.5. The van der Waals surface area contributed by atoms with Crippen molar-refractivity contribution in [3.8, 4) is 5.75 Å². The summed E-state index contributed by atoms with van der Waals surface area (Å²) >= 11 is 0. The number of sulfonamides is 1. The third-order valence-corrected chi connectivity index (χ3v) is 6.70. The lowest BCUT2D eigenvalue weighted by Crippen LogP contribution is -2.43. The van der Waals surface area contributed by atoms with Crippen LogP contribution in [0.3, 0.4) is 0 Å². The van der Waals surface area contributed by atoms with E-state index in [9.17, 15) is 18.0 Å². The van der Waals surface area contributed by atoms with Crippen molar-refractivity contribution in [3.05, 3.63) is 69.6 Å². The van der Waals surface area contributed by atoms with E-state index in [-0.39, 0.29) is 17.1 Å². The van der Waals surface area contributed by atoms with E-state index >= 15 is 0 Å². The second kappa shape index (κ2) is 9.67. The number of hydrogen-bond donors (Lipinski definition) is 1. The molecule has 0 amide bonds. The standard InChI is InChI=1S/C24H27NO6S/c1-5-7-20(25-32(28,29)18-10-8-15(3)9-11-18)24(27)31-21-14-22-19(13-17(21)6-2)16(4)12-23(26)30-22/h8-14,20,25H,5-7H2,1-4H3. The first kappa shape index (κ1) is 23.7. The molecule has 0 saturated carbocycles. The third kappa shape index (κ3) is 5.26. The maximum atomic E-state index is 13.0. The molecule has 3 rings (SSSR count). The summed E-state index contributed by atoms with van der Waals surface area (Å²) in [5.41, 5.74) is 2.25. The number of esters is 1. The number of aryl methyl sites for hydroxylation is 3. The lowest BCUT2D eigenvalue weighted by atomic mass is 10.1. The number of benzene rings is 2. The minimum absolute atomic E-state index is 0.0780. The fourth-order valence-corrected chi connectivity index (χ4v) is 4.65. The van der Waals surface area contributed by atoms with Gasteiger partial charge in [-0.15, -0.1) is 0 Å². The van der Waals surface area contributed by atoms with Crippen LogP contribution in [0.25, 0.3) is 11.0 Å². The fraction of sp³-hybridized carbons (Fsp3) is 0.333. The van der Waals surface area contributed by atoms with Gasteiger partial charge in [0.05, 0.1) is 4.90 Å². The van der Waals surface area contributed by atoms with Gasteiger partial charge in [0.2, 0.25) is 10.0 Å². The Labute approximate surface area is 187 Å². The molecule has 0 bridgehead atoms. The van der Waals surface area contributed by atoms with Crippen molar-refractivity contribution in [2.75, 3.05) is 0 Å². The van der Waals surface area contributed by atoms with Crippen molar-refractivity contribution >= 4 is 27.0 Å². The van der Waals surface area contributed by atoms with Crippen LogP contribution < -0.4 is 15.1 Å². The second-order valence-corrected chi connectivity index (χ2v) is 9.47. The van der Waals surface area contributed by atoms with Gasteiger partial charge in [-0.2, -0.15) is 4.72 Å². The molecule has 0 aliphatic rings. The fourth-order valence-electron chi connectivity index (χ4n) is 3.43. The molecule has 170 valence electrons. The highest BCUT2D eigenvalue weighted by atomic mass is 32.2. The summed E-state index contributed by atoms with van der Waals surface area (Å²) in [7, 11) is -3.91. The van der Waals surface area contributed by atoms with E-state index in [1.807, 2.05) is 33.8 Å². The van der Waals surface area contributed by atoms with Gasteiger partial charge in [0.1, 0.15) is 17.4 Å². The van der Waals surface area contributed by atoms with Gasteiger partial charge in [0.15, 0.2) is 0 Å². The van der Waals surface area contributed by atoms with Crippen LogP contribution in [0.15, 0.2) is 56.6 Å². The molecule has 1 aromatic heterocycles. The predicted octanol–water partition coefficient (Wildman–Crippen LogP) is 4.02. The third-order valence-electron chi connectivity index (χ3n) is 5.21. The maximum absolute atomic E-state index is 13.0. The quantitative estimate of drug-likeness (QED) is 0.311. The summed E-state index contributed by atoms with van der Waals surface area (Å²) in [5, 5.41) is 0.756. The van der Waals surface area contributed by atoms with Crippen molar-refractivity contribution in [3.63, 3.8) is 0 Å². The van der Waals surface area contributed by atoms with Crippen molar-refractivity contribution < 1.29 is 22.4 Å². The van der Waals surface area contributed by atoms with Gasteiger partial charge >= 0.3 is 11.6 Å². The Kier molecular flexibility index (Phi) is 7.16. The molecule has 1 unspecified atom stereocenters. The van der Waals surface area contributed by atoms with E-state index in [0.717, 1.165) is 22.1 Å². The van der Waals surface area contributed by atoms with Gasteiger partial charge in [-0.05, 0) is 56.0 Å². The van der Waals surface area contributed by atoms with Crippen LogP contribution in [0, 0.1) is 13.8 Å². The number of carbonyl (C=O) groups is 1. The zero-order valence-corrected chi connectivity index (χ0v) is 19.4. The Morgan fingerprint density at radius 2 is 1.78 bits per heavy atom. The monoisotopic (exact) mass is 457 g/mol. The average molecular weight is 458 g/mol. The zero-order valence-electron chi connectivity index (χ0n) is 18.6. The normalized spacial score (nSPS) is 12.6. The number of hydrogen-bond acceptors (Lipinski definition) is 6. The van der Waals surface area contributed by atoms with Gasteiger partial charge in [-0.3, -0.25) is 0 Å². The van der Waals surface area contributed by atoms with E-state index in [4.69, 9.17) is 9.15 Å². The Hall–Kier alpha value is -2.97. The van der Waals surface area contributed by atoms with Gasteiger partial charge in [0.25, 0.3) is 0 Å². The van der Waals surface area contributed by atoms with Gasteiger partial charge in [-0.25, -0.2) is 18.0 Å². The molecule has 0 aliphatic heterocycles. The number of nitrogens with one attached hydrogen (secondary N) is 1. The first-order valence-corrected chi connectivity index (χ1v) is 12.0. The molecule has 0 radical (unpaired) electrons. The summed E-state index contributed by atoms with van der Waals surface area (Å²) in [5.74, 6) is -0.471. The second-order valence-electron chi connectivity index (χ2n) is 7.75. The summed E-state index contributed by atoms with van der Waals surface area (Å²) < 4.78 is 38.9. The summed E-state index contributed by atoms with van der Waals surface area (Å²) in [6.07, 6.45) is 1.42. The highest BCUT2D eigenvalue weighted by molar-refractivity contribution is 7.89. The highest BCUT2D eigenvalue weighted by Crippen LogP contribution is 2.28. The van der Waals surface area contributed by atoms with Gasteiger partial charge < -0.3 is 9.15 Å². The molecule has 0 aliphatic carbocycles. The van der Waals surface area contributed by atoms with Crippen LogP contribution in [-0.2, 0) is 21.2 Å². The first-order valence-electron chi connectivity index (χ1n) is 10.5. The van der Waals surface area contributed by atoms with Crippen molar-refractivity contribution in [2.45, 2.75) is 57.9 Å². The Balaban J connectivity index is 1.91. The Bertz CT molecular complexity index is 1290. The average Bonchev–Trinajstić information content (AvgIpc) is 2.73. The molecule has 0 saturated heterocycles. The maximum Gasteiger partial charge on any atom is 0.336 e. The van der Waals surface area contributed by atoms with E-state index in [1.165, 1.54) is 24.3 Å². The lowest BCUT2D eigenvalue weighted by Gasteiger charge is -2.18. The molecule has 1 heterocycles. The van der Waals surface area contributed by atoms with E-state index < -0.39 is 27.7 Å². The van der Waals surface area contributed by atoms with E-state index in [1.54, 1.807) is 12.1 Å². The minimum Gasteiger partial charge on any atom is -0.425 e. The van der Waals surface area contributed by atoms with Crippen molar-refractivity contribution in [2.24, 2.45) is 0 Å². The SMILES string of the molecule is CCCC(NS(=O)(=O)c1ccc(C)cc1)C(=O)Oc1cc2oc(=O)cc(C)c2cc1CC. The van der Waals surface area contributed by atoms with Gasteiger partial charge in [-0.1, -0.05) is 38.0 Å². The Morgan fingerprint density at radius 1 is 1.09 bits per heavy atom. The minimum atomic E-state index is -3.91. The van der Waals surface area contributed by atoms with Crippen LogP contribution in [0.5, 0.6) is 5.75 Å². The van der Waals surface area contributed by atoms with Crippen LogP contribution in [0.4, 0.5) is 0 Å². The van der Waals surface area contributed by atoms with Crippen molar-refractivity contribution in [1.29, 1.82) is 0 Å². The van der Waals surface area contributed by atoms with Gasteiger partial charge in [0, 0.05) is 17.5 Å². The molecule has 1 atom stereocenters. The number of fused-ring (bicyclic) bond motifs is 1. The molecular weight excluding hydrogens is 430 g/mol.